The highest BCUT2D eigenvalue weighted by molar-refractivity contribution is 9.10. The van der Waals surface area contributed by atoms with E-state index in [0.717, 1.165) is 10.0 Å². The van der Waals surface area contributed by atoms with Crippen molar-refractivity contribution in [2.75, 3.05) is 0 Å². The summed E-state index contributed by atoms with van der Waals surface area (Å²) in [5, 5.41) is 11.1. The summed E-state index contributed by atoms with van der Waals surface area (Å²) < 4.78 is 6.44. The summed E-state index contributed by atoms with van der Waals surface area (Å²) in [7, 11) is 0. The van der Waals surface area contributed by atoms with Crippen LogP contribution in [0.2, 0.25) is 5.02 Å². The molecule has 2 aromatic carbocycles. The number of halogens is 2. The summed E-state index contributed by atoms with van der Waals surface area (Å²) in [5.41, 5.74) is 0.995. The number of carboxylic acid groups (broad SMARTS) is 1. The monoisotopic (exact) mass is 339 g/mol. The first-order valence-electron chi connectivity index (χ1n) is 5.44. The number of ether oxygens (including phenoxy) is 1. The molecule has 0 fully saturated rings. The number of carbonyl (C=O) groups is 1. The molecule has 2 aromatic rings. The minimum Gasteiger partial charge on any atom is -0.545 e. The fraction of sp³-hybridized carbons (Fsp3) is 0.0714. The molecule has 0 aromatic heterocycles. The standard InChI is InChI=1S/C14H10BrClO3/c15-11-5-6-13(12(16)7-11)19-8-9-1-3-10(4-2-9)14(17)18/h1-7H,8H2,(H,17,18)/p-1. The lowest BCUT2D eigenvalue weighted by atomic mass is 10.1. The van der Waals surface area contributed by atoms with E-state index in [9.17, 15) is 9.90 Å². The molecule has 0 amide bonds. The normalized spacial score (nSPS) is 10.2. The van der Waals surface area contributed by atoms with Crippen molar-refractivity contribution in [1.29, 1.82) is 0 Å². The van der Waals surface area contributed by atoms with Crippen LogP contribution in [-0.2, 0) is 6.61 Å². The van der Waals surface area contributed by atoms with E-state index in [1.54, 1.807) is 24.3 Å². The number of rotatable bonds is 4. The van der Waals surface area contributed by atoms with Crippen molar-refractivity contribution in [3.63, 3.8) is 0 Å². The lowest BCUT2D eigenvalue weighted by Gasteiger charge is -2.09. The van der Waals surface area contributed by atoms with Crippen molar-refractivity contribution in [2.45, 2.75) is 6.61 Å². The van der Waals surface area contributed by atoms with Crippen molar-refractivity contribution in [3.05, 3.63) is 63.1 Å². The average Bonchev–Trinajstić information content (AvgIpc) is 2.38. The Morgan fingerprint density at radius 3 is 2.47 bits per heavy atom. The van der Waals surface area contributed by atoms with E-state index in [0.29, 0.717) is 17.4 Å². The Hall–Kier alpha value is -1.52. The van der Waals surface area contributed by atoms with Crippen LogP contribution in [0.1, 0.15) is 15.9 Å². The third-order valence-electron chi connectivity index (χ3n) is 2.48. The molecule has 0 bridgehead atoms. The van der Waals surface area contributed by atoms with Crippen LogP contribution in [0.5, 0.6) is 5.75 Å². The minimum absolute atomic E-state index is 0.144. The number of benzene rings is 2. The zero-order chi connectivity index (χ0) is 13.8. The first kappa shape index (κ1) is 13.9. The summed E-state index contributed by atoms with van der Waals surface area (Å²) in [6.07, 6.45) is 0. The van der Waals surface area contributed by atoms with Crippen LogP contribution in [0.4, 0.5) is 0 Å². The number of aromatic carboxylic acids is 1. The molecule has 0 atom stereocenters. The van der Waals surface area contributed by atoms with Gasteiger partial charge in [-0.1, -0.05) is 51.8 Å². The van der Waals surface area contributed by atoms with Gasteiger partial charge in [-0.3, -0.25) is 0 Å². The maximum Gasteiger partial charge on any atom is 0.138 e. The molecule has 0 aliphatic carbocycles. The Balaban J connectivity index is 2.04. The van der Waals surface area contributed by atoms with Gasteiger partial charge in [-0.25, -0.2) is 0 Å². The van der Waals surface area contributed by atoms with E-state index in [2.05, 4.69) is 15.9 Å². The molecule has 98 valence electrons. The van der Waals surface area contributed by atoms with Gasteiger partial charge in [-0.05, 0) is 29.3 Å². The maximum atomic E-state index is 10.6. The zero-order valence-corrected chi connectivity index (χ0v) is 12.1. The molecule has 3 nitrogen and oxygen atoms in total. The highest BCUT2D eigenvalue weighted by atomic mass is 79.9. The fourth-order valence-electron chi connectivity index (χ4n) is 1.49. The Labute approximate surface area is 123 Å². The van der Waals surface area contributed by atoms with E-state index in [1.165, 1.54) is 12.1 Å². The van der Waals surface area contributed by atoms with E-state index in [4.69, 9.17) is 16.3 Å². The maximum absolute atomic E-state index is 10.6. The van der Waals surface area contributed by atoms with Crippen molar-refractivity contribution >= 4 is 33.5 Å². The van der Waals surface area contributed by atoms with Gasteiger partial charge in [0.15, 0.2) is 0 Å². The van der Waals surface area contributed by atoms with Crippen LogP contribution in [-0.4, -0.2) is 5.97 Å². The number of carbonyl (C=O) groups excluding carboxylic acids is 1. The van der Waals surface area contributed by atoms with E-state index < -0.39 is 5.97 Å². The third kappa shape index (κ3) is 3.72. The van der Waals surface area contributed by atoms with Crippen molar-refractivity contribution in [3.8, 4) is 5.75 Å². The molecule has 0 spiro atoms. The first-order valence-corrected chi connectivity index (χ1v) is 6.61. The van der Waals surface area contributed by atoms with Crippen molar-refractivity contribution < 1.29 is 14.6 Å². The first-order chi connectivity index (χ1) is 9.06. The molecule has 0 aliphatic rings. The lowest BCUT2D eigenvalue weighted by molar-refractivity contribution is -0.255. The molecule has 2 rings (SSSR count). The second kappa shape index (κ2) is 6.08. The topological polar surface area (TPSA) is 49.4 Å². The van der Waals surface area contributed by atoms with Gasteiger partial charge in [0, 0.05) is 4.47 Å². The SMILES string of the molecule is O=C([O-])c1ccc(COc2ccc(Br)cc2Cl)cc1. The van der Waals surface area contributed by atoms with Gasteiger partial charge in [0.1, 0.15) is 12.4 Å². The van der Waals surface area contributed by atoms with Crippen molar-refractivity contribution in [2.24, 2.45) is 0 Å². The van der Waals surface area contributed by atoms with Crippen LogP contribution in [0.15, 0.2) is 46.9 Å². The predicted octanol–water partition coefficient (Wildman–Crippen LogP) is 3.05. The summed E-state index contributed by atoms with van der Waals surface area (Å²) in [5.74, 6) is -0.614. The molecule has 0 heterocycles. The van der Waals surface area contributed by atoms with E-state index >= 15 is 0 Å². The molecule has 0 saturated heterocycles. The molecule has 0 unspecified atom stereocenters. The Morgan fingerprint density at radius 2 is 1.89 bits per heavy atom. The van der Waals surface area contributed by atoms with Gasteiger partial charge in [0.05, 0.1) is 11.0 Å². The lowest BCUT2D eigenvalue weighted by Crippen LogP contribution is -2.22. The smallest absolute Gasteiger partial charge is 0.138 e. The minimum atomic E-state index is -1.19. The molecule has 0 N–H and O–H groups in total. The summed E-state index contributed by atoms with van der Waals surface area (Å²) in [6.45, 7) is 0.314. The summed E-state index contributed by atoms with van der Waals surface area (Å²) >= 11 is 9.33. The second-order valence-corrected chi connectivity index (χ2v) is 5.17. The number of carboxylic acids is 1. The van der Waals surface area contributed by atoms with E-state index in [1.807, 2.05) is 6.07 Å². The molecule has 5 heteroatoms. The molecule has 19 heavy (non-hydrogen) atoms. The van der Waals surface area contributed by atoms with Crippen LogP contribution < -0.4 is 9.84 Å². The predicted molar refractivity (Wildman–Crippen MR) is 74.3 cm³/mol. The largest absolute Gasteiger partial charge is 0.545 e. The van der Waals surface area contributed by atoms with E-state index in [-0.39, 0.29) is 5.56 Å². The quantitative estimate of drug-likeness (QED) is 0.859. The van der Waals surface area contributed by atoms with Gasteiger partial charge in [0.2, 0.25) is 0 Å². The molecule has 0 radical (unpaired) electrons. The van der Waals surface area contributed by atoms with Gasteiger partial charge >= 0.3 is 0 Å². The third-order valence-corrected chi connectivity index (χ3v) is 3.27. The Bertz CT molecular complexity index is 596. The average molecular weight is 341 g/mol. The zero-order valence-electron chi connectivity index (χ0n) is 9.73. The fourth-order valence-corrected chi connectivity index (χ4v) is 2.22. The van der Waals surface area contributed by atoms with Gasteiger partial charge in [-0.2, -0.15) is 0 Å². The van der Waals surface area contributed by atoms with Crippen molar-refractivity contribution in [1.82, 2.24) is 0 Å². The summed E-state index contributed by atoms with van der Waals surface area (Å²) in [4.78, 5) is 10.6. The molecule has 0 saturated carbocycles. The molecular weight excluding hydrogens is 332 g/mol. The van der Waals surface area contributed by atoms with Gasteiger partial charge in [0.25, 0.3) is 0 Å². The number of hydrogen-bond donors (Lipinski definition) is 0. The Morgan fingerprint density at radius 1 is 1.21 bits per heavy atom. The highest BCUT2D eigenvalue weighted by Crippen LogP contribution is 2.28. The van der Waals surface area contributed by atoms with Crippen LogP contribution >= 0.6 is 27.5 Å². The second-order valence-electron chi connectivity index (χ2n) is 3.85. The van der Waals surface area contributed by atoms with Crippen LogP contribution in [0.3, 0.4) is 0 Å². The summed E-state index contributed by atoms with van der Waals surface area (Å²) in [6, 6.07) is 11.7. The highest BCUT2D eigenvalue weighted by Gasteiger charge is 2.03. The van der Waals surface area contributed by atoms with Crippen LogP contribution in [0, 0.1) is 0 Å². The van der Waals surface area contributed by atoms with Gasteiger partial charge < -0.3 is 14.6 Å². The molecule has 0 aliphatic heterocycles. The number of hydrogen-bond acceptors (Lipinski definition) is 3. The molecular formula is C14H9BrClO3-. The van der Waals surface area contributed by atoms with Crippen LogP contribution in [0.25, 0.3) is 0 Å². The Kier molecular flexibility index (Phi) is 4.45. The van der Waals surface area contributed by atoms with Gasteiger partial charge in [-0.15, -0.1) is 0 Å².